The molecule has 1 rings (SSSR count). The Labute approximate surface area is 110 Å². The third-order valence-electron chi connectivity index (χ3n) is 2.07. The molecule has 94 valence electrons. The molecule has 0 unspecified atom stereocenters. The standard InChI is InChI=1S/C13H17BrO3/c1-3-6-16-12-5-4-11(8-15)13(7-12)17-9-10(2)14/h4-5,7,15H,2-3,6,8-9H2,1H3. The van der Waals surface area contributed by atoms with Crippen LogP contribution in [0, 0.1) is 0 Å². The summed E-state index contributed by atoms with van der Waals surface area (Å²) >= 11 is 3.23. The van der Waals surface area contributed by atoms with E-state index in [0.717, 1.165) is 22.2 Å². The minimum Gasteiger partial charge on any atom is -0.493 e. The van der Waals surface area contributed by atoms with Crippen molar-refractivity contribution in [3.63, 3.8) is 0 Å². The second-order valence-corrected chi connectivity index (χ2v) is 4.70. The van der Waals surface area contributed by atoms with Gasteiger partial charge in [0.2, 0.25) is 0 Å². The molecule has 0 radical (unpaired) electrons. The molecule has 0 aromatic heterocycles. The molecule has 0 amide bonds. The highest BCUT2D eigenvalue weighted by molar-refractivity contribution is 9.11. The summed E-state index contributed by atoms with van der Waals surface area (Å²) < 4.78 is 11.8. The lowest BCUT2D eigenvalue weighted by Crippen LogP contribution is -2.01. The Bertz CT molecular complexity index is 377. The summed E-state index contributed by atoms with van der Waals surface area (Å²) in [5.74, 6) is 1.38. The van der Waals surface area contributed by atoms with Crippen LogP contribution >= 0.6 is 15.9 Å². The normalized spacial score (nSPS) is 10.1. The monoisotopic (exact) mass is 300 g/mol. The smallest absolute Gasteiger partial charge is 0.129 e. The number of ether oxygens (including phenoxy) is 2. The van der Waals surface area contributed by atoms with Crippen molar-refractivity contribution in [3.05, 3.63) is 34.8 Å². The molecule has 1 aromatic carbocycles. The van der Waals surface area contributed by atoms with E-state index in [1.807, 2.05) is 13.0 Å². The van der Waals surface area contributed by atoms with Gasteiger partial charge in [-0.1, -0.05) is 29.4 Å². The fourth-order valence-corrected chi connectivity index (χ4v) is 1.38. The summed E-state index contributed by atoms with van der Waals surface area (Å²) in [6.45, 7) is 6.72. The molecule has 0 saturated carbocycles. The fourth-order valence-electron chi connectivity index (χ4n) is 1.27. The van der Waals surface area contributed by atoms with Crippen molar-refractivity contribution in [1.29, 1.82) is 0 Å². The molecular weight excluding hydrogens is 284 g/mol. The van der Waals surface area contributed by atoms with Crippen molar-refractivity contribution in [2.75, 3.05) is 13.2 Å². The summed E-state index contributed by atoms with van der Waals surface area (Å²) in [6.07, 6.45) is 0.955. The van der Waals surface area contributed by atoms with Crippen LogP contribution in [0.15, 0.2) is 29.3 Å². The van der Waals surface area contributed by atoms with Crippen molar-refractivity contribution in [1.82, 2.24) is 0 Å². The van der Waals surface area contributed by atoms with Crippen LogP contribution in [0.4, 0.5) is 0 Å². The zero-order chi connectivity index (χ0) is 12.7. The van der Waals surface area contributed by atoms with Gasteiger partial charge in [-0.2, -0.15) is 0 Å². The van der Waals surface area contributed by atoms with Gasteiger partial charge in [-0.3, -0.25) is 0 Å². The molecule has 17 heavy (non-hydrogen) atoms. The van der Waals surface area contributed by atoms with E-state index in [-0.39, 0.29) is 6.61 Å². The Morgan fingerprint density at radius 3 is 2.76 bits per heavy atom. The molecule has 0 aliphatic rings. The van der Waals surface area contributed by atoms with Gasteiger partial charge in [0, 0.05) is 16.1 Å². The van der Waals surface area contributed by atoms with E-state index in [4.69, 9.17) is 9.47 Å². The highest BCUT2D eigenvalue weighted by Gasteiger charge is 2.05. The lowest BCUT2D eigenvalue weighted by molar-refractivity contribution is 0.267. The minimum atomic E-state index is -0.0574. The van der Waals surface area contributed by atoms with Crippen LogP contribution in [0.3, 0.4) is 0 Å². The SMILES string of the molecule is C=C(Br)COc1cc(OCCC)ccc1CO. The Hall–Kier alpha value is -1.00. The first kappa shape index (κ1) is 14.1. The number of rotatable bonds is 7. The molecule has 0 heterocycles. The summed E-state index contributed by atoms with van der Waals surface area (Å²) in [6, 6.07) is 5.42. The molecule has 0 saturated heterocycles. The van der Waals surface area contributed by atoms with Crippen LogP contribution in [0.25, 0.3) is 0 Å². The molecule has 0 spiro atoms. The first-order valence-electron chi connectivity index (χ1n) is 5.50. The molecular formula is C13H17BrO3. The molecule has 0 atom stereocenters. The van der Waals surface area contributed by atoms with Gasteiger partial charge in [0.05, 0.1) is 13.2 Å². The number of halogens is 1. The fraction of sp³-hybridized carbons (Fsp3) is 0.385. The highest BCUT2D eigenvalue weighted by atomic mass is 79.9. The largest absolute Gasteiger partial charge is 0.493 e. The van der Waals surface area contributed by atoms with Gasteiger partial charge < -0.3 is 14.6 Å². The number of aliphatic hydroxyl groups excluding tert-OH is 1. The van der Waals surface area contributed by atoms with E-state index >= 15 is 0 Å². The van der Waals surface area contributed by atoms with Crippen molar-refractivity contribution < 1.29 is 14.6 Å². The summed E-state index contributed by atoms with van der Waals surface area (Å²) in [4.78, 5) is 0. The lowest BCUT2D eigenvalue weighted by Gasteiger charge is -2.12. The van der Waals surface area contributed by atoms with Crippen LogP contribution < -0.4 is 9.47 Å². The predicted molar refractivity (Wildman–Crippen MR) is 71.7 cm³/mol. The van der Waals surface area contributed by atoms with Crippen LogP contribution in [0.5, 0.6) is 11.5 Å². The van der Waals surface area contributed by atoms with Crippen molar-refractivity contribution >= 4 is 15.9 Å². The van der Waals surface area contributed by atoms with Gasteiger partial charge in [0.15, 0.2) is 0 Å². The molecule has 1 aromatic rings. The third kappa shape index (κ3) is 4.79. The second kappa shape index (κ2) is 7.35. The second-order valence-electron chi connectivity index (χ2n) is 3.58. The maximum atomic E-state index is 9.20. The summed E-state index contributed by atoms with van der Waals surface area (Å²) in [7, 11) is 0. The lowest BCUT2D eigenvalue weighted by atomic mass is 10.2. The average molecular weight is 301 g/mol. The van der Waals surface area contributed by atoms with Gasteiger partial charge in [-0.05, 0) is 18.6 Å². The van der Waals surface area contributed by atoms with Gasteiger partial charge in [0.1, 0.15) is 18.1 Å². The van der Waals surface area contributed by atoms with Crippen LogP contribution in [-0.2, 0) is 6.61 Å². The number of hydrogen-bond donors (Lipinski definition) is 1. The van der Waals surface area contributed by atoms with Gasteiger partial charge >= 0.3 is 0 Å². The van der Waals surface area contributed by atoms with Crippen molar-refractivity contribution in [2.45, 2.75) is 20.0 Å². The average Bonchev–Trinajstić information content (AvgIpc) is 2.33. The molecule has 4 heteroatoms. The summed E-state index contributed by atoms with van der Waals surface area (Å²) in [5.41, 5.74) is 0.739. The van der Waals surface area contributed by atoms with E-state index in [2.05, 4.69) is 22.5 Å². The van der Waals surface area contributed by atoms with Crippen LogP contribution in [0.1, 0.15) is 18.9 Å². The summed E-state index contributed by atoms with van der Waals surface area (Å²) in [5, 5.41) is 9.20. The number of hydrogen-bond acceptors (Lipinski definition) is 3. The molecule has 0 aliphatic heterocycles. The van der Waals surface area contributed by atoms with E-state index < -0.39 is 0 Å². The highest BCUT2D eigenvalue weighted by Crippen LogP contribution is 2.26. The first-order valence-corrected chi connectivity index (χ1v) is 6.29. The van der Waals surface area contributed by atoms with E-state index in [0.29, 0.717) is 19.0 Å². The number of benzene rings is 1. The first-order chi connectivity index (χ1) is 8.17. The predicted octanol–water partition coefficient (Wildman–Crippen LogP) is 3.26. The molecule has 1 N–H and O–H groups in total. The van der Waals surface area contributed by atoms with Gasteiger partial charge in [0.25, 0.3) is 0 Å². The minimum absolute atomic E-state index is 0.0574. The zero-order valence-corrected chi connectivity index (χ0v) is 11.5. The topological polar surface area (TPSA) is 38.7 Å². The zero-order valence-electron chi connectivity index (χ0n) is 9.91. The maximum absolute atomic E-state index is 9.20. The van der Waals surface area contributed by atoms with Gasteiger partial charge in [-0.15, -0.1) is 0 Å². The maximum Gasteiger partial charge on any atom is 0.129 e. The van der Waals surface area contributed by atoms with Gasteiger partial charge in [-0.25, -0.2) is 0 Å². The Balaban J connectivity index is 2.78. The molecule has 0 aliphatic carbocycles. The van der Waals surface area contributed by atoms with E-state index in [9.17, 15) is 5.11 Å². The Morgan fingerprint density at radius 2 is 2.18 bits per heavy atom. The number of aliphatic hydroxyl groups is 1. The van der Waals surface area contributed by atoms with Crippen molar-refractivity contribution in [2.24, 2.45) is 0 Å². The quantitative estimate of drug-likeness (QED) is 0.840. The Morgan fingerprint density at radius 1 is 1.41 bits per heavy atom. The van der Waals surface area contributed by atoms with E-state index in [1.165, 1.54) is 0 Å². The molecule has 0 fully saturated rings. The third-order valence-corrected chi connectivity index (χ3v) is 2.30. The van der Waals surface area contributed by atoms with Crippen molar-refractivity contribution in [3.8, 4) is 11.5 Å². The molecule has 3 nitrogen and oxygen atoms in total. The van der Waals surface area contributed by atoms with E-state index in [1.54, 1.807) is 12.1 Å². The molecule has 0 bridgehead atoms. The van der Waals surface area contributed by atoms with Crippen LogP contribution in [0.2, 0.25) is 0 Å². The van der Waals surface area contributed by atoms with Crippen LogP contribution in [-0.4, -0.2) is 18.3 Å². The Kier molecular flexibility index (Phi) is 6.08.